The van der Waals surface area contributed by atoms with Crippen LogP contribution in [0.4, 0.5) is 0 Å². The number of hydrogen-bond acceptors (Lipinski definition) is 4. The number of hydrogen-bond donors (Lipinski definition) is 0. The van der Waals surface area contributed by atoms with Gasteiger partial charge in [-0.05, 0) is 96.0 Å². The molecule has 1 aromatic heterocycles. The molecule has 4 nitrogen and oxygen atoms in total. The Labute approximate surface area is 358 Å². The normalized spacial score (nSPS) is 13.1. The Morgan fingerprint density at radius 3 is 1.32 bits per heavy atom. The Bertz CT molecular complexity index is 3480. The molecule has 1 spiro atoms. The number of rotatable bonds is 4. The minimum Gasteiger partial charge on any atom is -0.457 e. The van der Waals surface area contributed by atoms with Gasteiger partial charge in [0.05, 0.1) is 5.41 Å². The van der Waals surface area contributed by atoms with Crippen molar-refractivity contribution in [1.82, 2.24) is 15.0 Å². The van der Waals surface area contributed by atoms with Gasteiger partial charge in [-0.3, -0.25) is 0 Å². The van der Waals surface area contributed by atoms with Gasteiger partial charge >= 0.3 is 0 Å². The molecule has 1 aliphatic carbocycles. The van der Waals surface area contributed by atoms with Crippen LogP contribution in [0.25, 0.3) is 88.7 Å². The molecule has 0 fully saturated rings. The zero-order valence-electron chi connectivity index (χ0n) is 33.5. The monoisotopic (exact) mass is 789 g/mol. The van der Waals surface area contributed by atoms with Crippen LogP contribution < -0.4 is 4.74 Å². The topological polar surface area (TPSA) is 47.9 Å². The lowest BCUT2D eigenvalue weighted by Crippen LogP contribution is -2.32. The van der Waals surface area contributed by atoms with Gasteiger partial charge in [-0.2, -0.15) is 0 Å². The number of fused-ring (bicyclic) bond motifs is 15. The Morgan fingerprint density at radius 2 is 0.726 bits per heavy atom. The molecule has 0 N–H and O–H groups in total. The third-order valence-corrected chi connectivity index (χ3v) is 13.0. The van der Waals surface area contributed by atoms with Crippen molar-refractivity contribution in [3.8, 4) is 67.9 Å². The van der Waals surface area contributed by atoms with E-state index >= 15 is 0 Å². The van der Waals surface area contributed by atoms with Crippen molar-refractivity contribution in [2.45, 2.75) is 5.41 Å². The van der Waals surface area contributed by atoms with E-state index in [1.165, 1.54) is 65.7 Å². The second kappa shape index (κ2) is 13.4. The van der Waals surface area contributed by atoms with Gasteiger partial charge in [0.15, 0.2) is 17.5 Å². The van der Waals surface area contributed by atoms with Crippen LogP contribution in [-0.4, -0.2) is 15.0 Å². The molecule has 0 saturated heterocycles. The maximum atomic E-state index is 6.71. The third kappa shape index (κ3) is 5.04. The summed E-state index contributed by atoms with van der Waals surface area (Å²) in [7, 11) is 0. The lowest BCUT2D eigenvalue weighted by atomic mass is 9.66. The highest BCUT2D eigenvalue weighted by atomic mass is 16.5. The van der Waals surface area contributed by atoms with Crippen LogP contribution in [0.2, 0.25) is 0 Å². The molecular formula is C58H35N3O. The molecule has 1 aliphatic heterocycles. The zero-order valence-corrected chi connectivity index (χ0v) is 33.5. The number of aromatic nitrogens is 3. The van der Waals surface area contributed by atoms with E-state index in [-0.39, 0.29) is 0 Å². The van der Waals surface area contributed by atoms with Crippen LogP contribution in [0, 0.1) is 0 Å². The fourth-order valence-corrected chi connectivity index (χ4v) is 10.2. The fraction of sp³-hybridized carbons (Fsp3) is 0.0172. The summed E-state index contributed by atoms with van der Waals surface area (Å²) in [5.41, 5.74) is 11.5. The predicted octanol–water partition coefficient (Wildman–Crippen LogP) is 14.5. The summed E-state index contributed by atoms with van der Waals surface area (Å²) >= 11 is 0. The van der Waals surface area contributed by atoms with E-state index in [2.05, 4.69) is 176 Å². The minimum atomic E-state index is -0.666. The lowest BCUT2D eigenvalue weighted by Gasteiger charge is -2.39. The largest absolute Gasteiger partial charge is 0.457 e. The molecule has 13 rings (SSSR count). The number of nitrogens with zero attached hydrogens (tertiary/aromatic N) is 3. The maximum Gasteiger partial charge on any atom is 0.164 e. The second-order valence-electron chi connectivity index (χ2n) is 16.3. The molecule has 2 aliphatic rings. The Balaban J connectivity index is 1.06. The quantitative estimate of drug-likeness (QED) is 0.167. The summed E-state index contributed by atoms with van der Waals surface area (Å²) in [4.78, 5) is 15.3. The van der Waals surface area contributed by atoms with E-state index in [4.69, 9.17) is 19.7 Å². The van der Waals surface area contributed by atoms with Crippen LogP contribution in [0.1, 0.15) is 22.3 Å². The average Bonchev–Trinajstić information content (AvgIpc) is 3.63. The first-order valence-electron chi connectivity index (χ1n) is 21.1. The molecule has 288 valence electrons. The summed E-state index contributed by atoms with van der Waals surface area (Å²) in [5, 5.41) is 7.61. The van der Waals surface area contributed by atoms with E-state index in [0.29, 0.717) is 17.5 Å². The van der Waals surface area contributed by atoms with Crippen molar-refractivity contribution in [3.63, 3.8) is 0 Å². The first-order valence-corrected chi connectivity index (χ1v) is 21.1. The molecule has 62 heavy (non-hydrogen) atoms. The number of ether oxygens (including phenoxy) is 1. The van der Waals surface area contributed by atoms with Gasteiger partial charge in [0.25, 0.3) is 0 Å². The van der Waals surface area contributed by atoms with Crippen molar-refractivity contribution in [2.24, 2.45) is 0 Å². The molecule has 11 aromatic rings. The van der Waals surface area contributed by atoms with Gasteiger partial charge in [-0.15, -0.1) is 0 Å². The summed E-state index contributed by atoms with van der Waals surface area (Å²) < 4.78 is 6.71. The van der Waals surface area contributed by atoms with Gasteiger partial charge in [0, 0.05) is 27.8 Å². The molecule has 2 heterocycles. The van der Waals surface area contributed by atoms with Crippen LogP contribution in [0.15, 0.2) is 212 Å². The van der Waals surface area contributed by atoms with E-state index in [1.54, 1.807) is 0 Å². The Morgan fingerprint density at radius 1 is 0.274 bits per heavy atom. The van der Waals surface area contributed by atoms with E-state index < -0.39 is 5.41 Å². The maximum absolute atomic E-state index is 6.71. The minimum absolute atomic E-state index is 0.622. The van der Waals surface area contributed by atoms with Crippen molar-refractivity contribution < 1.29 is 4.74 Å². The molecule has 10 aromatic carbocycles. The highest BCUT2D eigenvalue weighted by Gasteiger charge is 2.51. The van der Waals surface area contributed by atoms with E-state index in [9.17, 15) is 0 Å². The van der Waals surface area contributed by atoms with Crippen LogP contribution in [0.5, 0.6) is 11.5 Å². The van der Waals surface area contributed by atoms with Gasteiger partial charge in [0.2, 0.25) is 0 Å². The van der Waals surface area contributed by atoms with Crippen LogP contribution in [0.3, 0.4) is 0 Å². The summed E-state index contributed by atoms with van der Waals surface area (Å²) in [6.07, 6.45) is 0. The molecule has 0 saturated carbocycles. The van der Waals surface area contributed by atoms with Crippen LogP contribution >= 0.6 is 0 Å². The van der Waals surface area contributed by atoms with Crippen molar-refractivity contribution in [3.05, 3.63) is 235 Å². The summed E-state index contributed by atoms with van der Waals surface area (Å²) in [6, 6.07) is 75.7. The molecule has 0 atom stereocenters. The van der Waals surface area contributed by atoms with Gasteiger partial charge in [0.1, 0.15) is 11.5 Å². The van der Waals surface area contributed by atoms with E-state index in [0.717, 1.165) is 39.3 Å². The molecular weight excluding hydrogens is 755 g/mol. The first kappa shape index (κ1) is 34.6. The smallest absolute Gasteiger partial charge is 0.164 e. The molecule has 0 radical (unpaired) electrons. The van der Waals surface area contributed by atoms with Crippen molar-refractivity contribution >= 4 is 32.3 Å². The van der Waals surface area contributed by atoms with Crippen LogP contribution in [-0.2, 0) is 5.41 Å². The lowest BCUT2D eigenvalue weighted by molar-refractivity contribution is 0.436. The number of para-hydroxylation sites is 2. The van der Waals surface area contributed by atoms with Gasteiger partial charge < -0.3 is 4.74 Å². The van der Waals surface area contributed by atoms with E-state index in [1.807, 2.05) is 36.4 Å². The molecule has 0 unspecified atom stereocenters. The Hall–Kier alpha value is -8.21. The summed E-state index contributed by atoms with van der Waals surface area (Å²) in [5.74, 6) is 3.60. The summed E-state index contributed by atoms with van der Waals surface area (Å²) in [6.45, 7) is 0. The second-order valence-corrected chi connectivity index (χ2v) is 16.3. The first-order chi connectivity index (χ1) is 30.7. The zero-order chi connectivity index (χ0) is 40.8. The number of benzene rings is 10. The fourth-order valence-electron chi connectivity index (χ4n) is 10.2. The Kier molecular flexibility index (Phi) is 7.49. The van der Waals surface area contributed by atoms with Crippen molar-refractivity contribution in [1.29, 1.82) is 0 Å². The highest BCUT2D eigenvalue weighted by Crippen LogP contribution is 2.62. The molecule has 4 heteroatoms. The van der Waals surface area contributed by atoms with Gasteiger partial charge in [-0.1, -0.05) is 182 Å². The SMILES string of the molecule is c1ccc(-c2nc(-c3ccccc3)nc(-c3ccc4c(c3)C3(c5ccccc5Oc5ccccc53)c3ccc(-c5ccc6c7ccccc7c7ccccc7c6c5)cc3-4)n2)cc1. The molecule has 0 bridgehead atoms. The standard InChI is InChI=1S/C58H35N3O/c1-3-15-36(16-4-1)55-59-56(37-17-5-2-6-18-37)61-57(60-55)40-28-31-46-48-34-39(38-27-30-45-43-21-8-7-19-41(43)42-20-9-10-22-44(42)47(45)33-38)29-32-49(48)58(52(46)35-40)50-23-11-13-25-53(50)62-54-26-14-12-24-51(54)58/h1-35H. The average molecular weight is 790 g/mol. The predicted molar refractivity (Wildman–Crippen MR) is 251 cm³/mol. The van der Waals surface area contributed by atoms with Crippen molar-refractivity contribution in [2.75, 3.05) is 0 Å². The highest BCUT2D eigenvalue weighted by molar-refractivity contribution is 6.25. The van der Waals surface area contributed by atoms with Gasteiger partial charge in [-0.25, -0.2) is 15.0 Å². The molecule has 0 amide bonds. The third-order valence-electron chi connectivity index (χ3n) is 13.0.